The van der Waals surface area contributed by atoms with E-state index in [1.165, 1.54) is 18.2 Å². The number of hydrogen-bond donors (Lipinski definition) is 0. The highest BCUT2D eigenvalue weighted by Gasteiger charge is 2.36. The van der Waals surface area contributed by atoms with Gasteiger partial charge in [-0.15, -0.1) is 0 Å². The second kappa shape index (κ2) is 7.76. The number of methoxy groups -OCH3 is 1. The summed E-state index contributed by atoms with van der Waals surface area (Å²) in [6.45, 7) is 0.735. The standard InChI is InChI=1S/C23H26N2O3/c1-24(20-12-11-16-7-5-6-10-19(16)20)15-22(26)25-14-18-9-4-3-8-17(18)13-21(25)23(27)28-2/h3-10,20-21H,11-15H2,1-2H3. The van der Waals surface area contributed by atoms with Crippen LogP contribution in [0, 0.1) is 0 Å². The molecule has 0 bridgehead atoms. The zero-order chi connectivity index (χ0) is 19.7. The third-order valence-corrected chi connectivity index (χ3v) is 6.06. The van der Waals surface area contributed by atoms with Crippen molar-refractivity contribution in [1.82, 2.24) is 9.80 Å². The van der Waals surface area contributed by atoms with Gasteiger partial charge in [-0.2, -0.15) is 0 Å². The first-order valence-corrected chi connectivity index (χ1v) is 9.80. The Morgan fingerprint density at radius 3 is 2.50 bits per heavy atom. The van der Waals surface area contributed by atoms with Crippen LogP contribution >= 0.6 is 0 Å². The van der Waals surface area contributed by atoms with Crippen molar-refractivity contribution in [2.75, 3.05) is 20.7 Å². The molecule has 2 atom stereocenters. The summed E-state index contributed by atoms with van der Waals surface area (Å²) >= 11 is 0. The molecule has 0 fully saturated rings. The molecule has 1 aliphatic carbocycles. The fourth-order valence-electron chi connectivity index (χ4n) is 4.54. The molecule has 1 heterocycles. The summed E-state index contributed by atoms with van der Waals surface area (Å²) < 4.78 is 4.99. The first-order valence-electron chi connectivity index (χ1n) is 9.80. The average Bonchev–Trinajstić information content (AvgIpc) is 3.16. The molecule has 0 saturated heterocycles. The number of carbonyl (C=O) groups excluding carboxylic acids is 2. The molecule has 0 saturated carbocycles. The number of nitrogens with zero attached hydrogens (tertiary/aromatic N) is 2. The number of carbonyl (C=O) groups is 2. The smallest absolute Gasteiger partial charge is 0.328 e. The average molecular weight is 378 g/mol. The highest BCUT2D eigenvalue weighted by atomic mass is 16.5. The van der Waals surface area contributed by atoms with E-state index in [0.717, 1.165) is 24.0 Å². The van der Waals surface area contributed by atoms with E-state index in [1.54, 1.807) is 4.90 Å². The van der Waals surface area contributed by atoms with Crippen LogP contribution in [0.5, 0.6) is 0 Å². The van der Waals surface area contributed by atoms with Gasteiger partial charge in [0.2, 0.25) is 5.91 Å². The quantitative estimate of drug-likeness (QED) is 0.768. The van der Waals surface area contributed by atoms with Gasteiger partial charge in [-0.3, -0.25) is 9.69 Å². The number of benzene rings is 2. The van der Waals surface area contributed by atoms with Gasteiger partial charge in [0, 0.05) is 19.0 Å². The van der Waals surface area contributed by atoms with Crippen molar-refractivity contribution in [3.05, 3.63) is 70.8 Å². The second-order valence-corrected chi connectivity index (χ2v) is 7.70. The maximum absolute atomic E-state index is 13.2. The van der Waals surface area contributed by atoms with Crippen LogP contribution in [0.3, 0.4) is 0 Å². The van der Waals surface area contributed by atoms with Crippen LogP contribution in [0.2, 0.25) is 0 Å². The zero-order valence-electron chi connectivity index (χ0n) is 16.4. The van der Waals surface area contributed by atoms with Gasteiger partial charge in [0.1, 0.15) is 6.04 Å². The number of likely N-dealkylation sites (N-methyl/N-ethyl adjacent to an activating group) is 1. The van der Waals surface area contributed by atoms with E-state index in [2.05, 4.69) is 29.2 Å². The predicted molar refractivity (Wildman–Crippen MR) is 107 cm³/mol. The Balaban J connectivity index is 1.52. The maximum Gasteiger partial charge on any atom is 0.328 e. The molecule has 2 aromatic rings. The van der Waals surface area contributed by atoms with Crippen molar-refractivity contribution in [1.29, 1.82) is 0 Å². The minimum Gasteiger partial charge on any atom is -0.467 e. The number of esters is 1. The van der Waals surface area contributed by atoms with Gasteiger partial charge >= 0.3 is 5.97 Å². The molecule has 0 spiro atoms. The minimum atomic E-state index is -0.559. The molecule has 146 valence electrons. The largest absolute Gasteiger partial charge is 0.467 e. The van der Waals surface area contributed by atoms with Crippen molar-refractivity contribution < 1.29 is 14.3 Å². The number of aryl methyl sites for hydroxylation is 1. The maximum atomic E-state index is 13.2. The van der Waals surface area contributed by atoms with E-state index in [-0.39, 0.29) is 24.5 Å². The summed E-state index contributed by atoms with van der Waals surface area (Å²) in [5.41, 5.74) is 4.89. The number of ether oxygens (including phenoxy) is 1. The Kier molecular flexibility index (Phi) is 5.18. The Morgan fingerprint density at radius 2 is 1.75 bits per heavy atom. The first-order chi connectivity index (χ1) is 13.6. The highest BCUT2D eigenvalue weighted by molar-refractivity contribution is 5.86. The monoisotopic (exact) mass is 378 g/mol. The molecule has 1 aliphatic heterocycles. The van der Waals surface area contributed by atoms with E-state index in [4.69, 9.17) is 4.74 Å². The number of rotatable bonds is 4. The predicted octanol–water partition coefficient (Wildman–Crippen LogP) is 2.73. The van der Waals surface area contributed by atoms with Crippen LogP contribution in [0.15, 0.2) is 48.5 Å². The SMILES string of the molecule is COC(=O)C1Cc2ccccc2CN1C(=O)CN(C)C1CCc2ccccc21. The van der Waals surface area contributed by atoms with Crippen molar-refractivity contribution in [3.8, 4) is 0 Å². The number of hydrogen-bond acceptors (Lipinski definition) is 4. The zero-order valence-corrected chi connectivity index (χ0v) is 16.4. The molecule has 28 heavy (non-hydrogen) atoms. The lowest BCUT2D eigenvalue weighted by Gasteiger charge is -2.36. The van der Waals surface area contributed by atoms with Gasteiger partial charge in [-0.05, 0) is 42.1 Å². The van der Waals surface area contributed by atoms with E-state index in [1.807, 2.05) is 31.3 Å². The lowest BCUT2D eigenvalue weighted by Crippen LogP contribution is -2.51. The van der Waals surface area contributed by atoms with Crippen molar-refractivity contribution in [2.45, 2.75) is 37.9 Å². The summed E-state index contributed by atoms with van der Waals surface area (Å²) in [5.74, 6) is -0.381. The van der Waals surface area contributed by atoms with Crippen LogP contribution in [0.25, 0.3) is 0 Å². The fourth-order valence-corrected chi connectivity index (χ4v) is 4.54. The van der Waals surface area contributed by atoms with Crippen LogP contribution in [0.1, 0.15) is 34.7 Å². The normalized spacial score (nSPS) is 20.6. The van der Waals surface area contributed by atoms with Crippen LogP contribution < -0.4 is 0 Å². The van der Waals surface area contributed by atoms with Gasteiger partial charge in [0.25, 0.3) is 0 Å². The summed E-state index contributed by atoms with van der Waals surface area (Å²) in [6, 6.07) is 16.1. The number of fused-ring (bicyclic) bond motifs is 2. The van der Waals surface area contributed by atoms with Gasteiger partial charge in [0.15, 0.2) is 0 Å². The molecular weight excluding hydrogens is 352 g/mol. The van der Waals surface area contributed by atoms with Crippen molar-refractivity contribution in [3.63, 3.8) is 0 Å². The van der Waals surface area contributed by atoms with Crippen LogP contribution in [-0.4, -0.2) is 48.4 Å². The lowest BCUT2D eigenvalue weighted by atomic mass is 9.94. The summed E-state index contributed by atoms with van der Waals surface area (Å²) in [6.07, 6.45) is 2.57. The summed E-state index contributed by atoms with van der Waals surface area (Å²) in [5, 5.41) is 0. The van der Waals surface area contributed by atoms with E-state index >= 15 is 0 Å². The summed E-state index contributed by atoms with van der Waals surface area (Å²) in [4.78, 5) is 29.4. The Morgan fingerprint density at radius 1 is 1.07 bits per heavy atom. The van der Waals surface area contributed by atoms with Crippen molar-refractivity contribution >= 4 is 11.9 Å². The molecule has 4 rings (SSSR count). The van der Waals surface area contributed by atoms with Crippen molar-refractivity contribution in [2.24, 2.45) is 0 Å². The molecule has 0 N–H and O–H groups in total. The van der Waals surface area contributed by atoms with Crippen LogP contribution in [0.4, 0.5) is 0 Å². The lowest BCUT2D eigenvalue weighted by molar-refractivity contribution is -0.154. The Hall–Kier alpha value is -2.66. The van der Waals surface area contributed by atoms with E-state index < -0.39 is 6.04 Å². The molecule has 5 nitrogen and oxygen atoms in total. The Labute approximate surface area is 165 Å². The van der Waals surface area contributed by atoms with Gasteiger partial charge < -0.3 is 9.64 Å². The summed E-state index contributed by atoms with van der Waals surface area (Å²) in [7, 11) is 3.38. The third-order valence-electron chi connectivity index (χ3n) is 6.06. The molecule has 1 amide bonds. The van der Waals surface area contributed by atoms with Crippen LogP contribution in [-0.2, 0) is 33.7 Å². The van der Waals surface area contributed by atoms with E-state index in [9.17, 15) is 9.59 Å². The molecule has 2 aromatic carbocycles. The topological polar surface area (TPSA) is 49.9 Å². The van der Waals surface area contributed by atoms with Gasteiger partial charge in [0.05, 0.1) is 13.7 Å². The van der Waals surface area contributed by atoms with E-state index in [0.29, 0.717) is 13.0 Å². The van der Waals surface area contributed by atoms with Gasteiger partial charge in [-0.25, -0.2) is 4.79 Å². The second-order valence-electron chi connectivity index (χ2n) is 7.70. The highest BCUT2D eigenvalue weighted by Crippen LogP contribution is 2.35. The molecule has 0 radical (unpaired) electrons. The molecule has 5 heteroatoms. The molecule has 0 aromatic heterocycles. The molecule has 2 unspecified atom stereocenters. The van der Waals surface area contributed by atoms with Gasteiger partial charge in [-0.1, -0.05) is 48.5 Å². The first kappa shape index (κ1) is 18.7. The molecular formula is C23H26N2O3. The Bertz CT molecular complexity index is 895. The fraction of sp³-hybridized carbons (Fsp3) is 0.391. The minimum absolute atomic E-state index is 0.0308. The molecule has 2 aliphatic rings. The third kappa shape index (κ3) is 3.42. The number of amides is 1.